The zero-order valence-corrected chi connectivity index (χ0v) is 23.8. The largest absolute Gasteiger partial charge is 0.497 e. The van der Waals surface area contributed by atoms with Crippen LogP contribution in [0.3, 0.4) is 0 Å². The SMILES string of the molecule is COc1ccc2c(c1)OCCCON=C(c1ccccc1)c1ccc(OC)cc1OCCCON=C2c1ccccc1. The van der Waals surface area contributed by atoms with Gasteiger partial charge in [-0.2, -0.15) is 0 Å². The van der Waals surface area contributed by atoms with E-state index in [9.17, 15) is 0 Å². The lowest BCUT2D eigenvalue weighted by Crippen LogP contribution is -2.12. The standard InChI is InChI=1S/C34H34N2O6/c1-37-27-15-17-29-31(23-27)39-19-9-21-42-36-34(26-13-7-4-8-14-26)30-18-16-28(38-2)24-32(30)40-20-10-22-41-35-33(29)25-11-5-3-6-12-25/h3-8,11-18,23-24H,9-10,19-22H2,1-2H3. The molecule has 0 fully saturated rings. The fraction of sp³-hybridized carbons (Fsp3) is 0.235. The highest BCUT2D eigenvalue weighted by atomic mass is 16.6. The zero-order chi connectivity index (χ0) is 29.0. The van der Waals surface area contributed by atoms with Crippen LogP contribution in [0.25, 0.3) is 0 Å². The van der Waals surface area contributed by atoms with Crippen LogP contribution in [-0.4, -0.2) is 52.1 Å². The van der Waals surface area contributed by atoms with Crippen molar-refractivity contribution in [3.8, 4) is 23.0 Å². The summed E-state index contributed by atoms with van der Waals surface area (Å²) in [4.78, 5) is 11.7. The van der Waals surface area contributed by atoms with Gasteiger partial charge in [0.1, 0.15) is 47.6 Å². The number of oxime groups is 2. The van der Waals surface area contributed by atoms with Crippen LogP contribution in [0.4, 0.5) is 0 Å². The molecule has 1 aliphatic heterocycles. The van der Waals surface area contributed by atoms with E-state index in [1.807, 2.05) is 97.1 Å². The zero-order valence-electron chi connectivity index (χ0n) is 23.8. The maximum absolute atomic E-state index is 6.24. The Hall–Kier alpha value is -4.98. The van der Waals surface area contributed by atoms with Crippen molar-refractivity contribution in [3.63, 3.8) is 0 Å². The Labute approximate surface area is 246 Å². The third-order valence-electron chi connectivity index (χ3n) is 6.57. The smallest absolute Gasteiger partial charge is 0.132 e. The first-order valence-corrected chi connectivity index (χ1v) is 13.9. The molecule has 1 heterocycles. The highest BCUT2D eigenvalue weighted by Crippen LogP contribution is 2.30. The lowest BCUT2D eigenvalue weighted by atomic mass is 10.0. The Balaban J connectivity index is 1.46. The van der Waals surface area contributed by atoms with Gasteiger partial charge in [0.25, 0.3) is 0 Å². The fourth-order valence-electron chi connectivity index (χ4n) is 4.43. The normalized spacial score (nSPS) is 14.4. The summed E-state index contributed by atoms with van der Waals surface area (Å²) < 4.78 is 23.4. The first-order valence-electron chi connectivity index (χ1n) is 13.9. The second kappa shape index (κ2) is 14.6. The van der Waals surface area contributed by atoms with Gasteiger partial charge in [0, 0.05) is 47.2 Å². The van der Waals surface area contributed by atoms with E-state index in [0.29, 0.717) is 73.7 Å². The number of ether oxygens (including phenoxy) is 4. The summed E-state index contributed by atoms with van der Waals surface area (Å²) in [5, 5.41) is 9.11. The molecule has 0 unspecified atom stereocenters. The Morgan fingerprint density at radius 1 is 0.524 bits per heavy atom. The van der Waals surface area contributed by atoms with Crippen molar-refractivity contribution < 1.29 is 28.6 Å². The predicted molar refractivity (Wildman–Crippen MR) is 162 cm³/mol. The number of hydrogen-bond donors (Lipinski definition) is 0. The van der Waals surface area contributed by atoms with Crippen LogP contribution in [0.2, 0.25) is 0 Å². The molecular weight excluding hydrogens is 532 g/mol. The summed E-state index contributed by atoms with van der Waals surface area (Å²) in [5.74, 6) is 2.65. The molecule has 0 saturated heterocycles. The van der Waals surface area contributed by atoms with E-state index < -0.39 is 0 Å². The first-order chi connectivity index (χ1) is 20.8. The molecule has 42 heavy (non-hydrogen) atoms. The van der Waals surface area contributed by atoms with E-state index in [-0.39, 0.29) is 0 Å². The number of fused-ring (bicyclic) bond motifs is 2. The molecule has 8 nitrogen and oxygen atoms in total. The van der Waals surface area contributed by atoms with E-state index in [1.54, 1.807) is 14.2 Å². The van der Waals surface area contributed by atoms with Crippen LogP contribution in [0.5, 0.6) is 23.0 Å². The third-order valence-corrected chi connectivity index (χ3v) is 6.57. The van der Waals surface area contributed by atoms with E-state index in [0.717, 1.165) is 22.3 Å². The predicted octanol–water partition coefficient (Wildman–Crippen LogP) is 6.49. The molecular formula is C34H34N2O6. The number of methoxy groups -OCH3 is 2. The highest BCUT2D eigenvalue weighted by Gasteiger charge is 2.17. The third kappa shape index (κ3) is 7.20. The number of hydrogen-bond acceptors (Lipinski definition) is 8. The topological polar surface area (TPSA) is 80.1 Å². The number of rotatable bonds is 4. The summed E-state index contributed by atoms with van der Waals surface area (Å²) in [6.07, 6.45) is 1.20. The first kappa shape index (κ1) is 28.5. The van der Waals surface area contributed by atoms with Gasteiger partial charge >= 0.3 is 0 Å². The molecule has 0 amide bonds. The quantitative estimate of drug-likeness (QED) is 0.281. The van der Waals surface area contributed by atoms with Gasteiger partial charge < -0.3 is 28.6 Å². The maximum Gasteiger partial charge on any atom is 0.132 e. The van der Waals surface area contributed by atoms with Gasteiger partial charge in [0.05, 0.1) is 27.4 Å². The molecule has 8 heteroatoms. The minimum Gasteiger partial charge on any atom is -0.497 e. The molecule has 0 atom stereocenters. The van der Waals surface area contributed by atoms with Crippen LogP contribution in [0.15, 0.2) is 107 Å². The van der Waals surface area contributed by atoms with E-state index in [1.165, 1.54) is 0 Å². The summed E-state index contributed by atoms with van der Waals surface area (Å²) in [6.45, 7) is 1.50. The maximum atomic E-state index is 6.24. The van der Waals surface area contributed by atoms with Gasteiger partial charge in [-0.3, -0.25) is 0 Å². The molecule has 216 valence electrons. The summed E-state index contributed by atoms with van der Waals surface area (Å²) in [5.41, 5.74) is 4.74. The second-order valence-electron chi connectivity index (χ2n) is 9.41. The Morgan fingerprint density at radius 2 is 0.952 bits per heavy atom. The molecule has 0 aliphatic carbocycles. The average molecular weight is 567 g/mol. The van der Waals surface area contributed by atoms with E-state index in [4.69, 9.17) is 28.6 Å². The van der Waals surface area contributed by atoms with Crippen LogP contribution in [-0.2, 0) is 9.68 Å². The lowest BCUT2D eigenvalue weighted by molar-refractivity contribution is 0.125. The molecule has 0 bridgehead atoms. The molecule has 0 saturated carbocycles. The minimum absolute atomic E-state index is 0.352. The highest BCUT2D eigenvalue weighted by molar-refractivity contribution is 6.15. The van der Waals surface area contributed by atoms with Crippen molar-refractivity contribution in [1.82, 2.24) is 0 Å². The molecule has 5 rings (SSSR count). The van der Waals surface area contributed by atoms with Gasteiger partial charge in [-0.15, -0.1) is 0 Å². The van der Waals surface area contributed by atoms with Crippen LogP contribution >= 0.6 is 0 Å². The van der Waals surface area contributed by atoms with Crippen molar-refractivity contribution in [2.45, 2.75) is 12.8 Å². The fourth-order valence-corrected chi connectivity index (χ4v) is 4.43. The molecule has 4 aromatic rings. The van der Waals surface area contributed by atoms with Gasteiger partial charge in [-0.05, 0) is 24.3 Å². The van der Waals surface area contributed by atoms with Crippen molar-refractivity contribution in [2.24, 2.45) is 10.3 Å². The lowest BCUT2D eigenvalue weighted by Gasteiger charge is -2.16. The van der Waals surface area contributed by atoms with Gasteiger partial charge in [-0.1, -0.05) is 71.0 Å². The summed E-state index contributed by atoms with van der Waals surface area (Å²) in [7, 11) is 3.26. The van der Waals surface area contributed by atoms with Crippen LogP contribution in [0, 0.1) is 0 Å². The molecule has 4 aromatic carbocycles. The van der Waals surface area contributed by atoms with Crippen LogP contribution in [0.1, 0.15) is 35.1 Å². The number of benzene rings is 4. The van der Waals surface area contributed by atoms with Gasteiger partial charge in [0.15, 0.2) is 0 Å². The summed E-state index contributed by atoms with van der Waals surface area (Å²) in [6, 6.07) is 31.1. The van der Waals surface area contributed by atoms with Gasteiger partial charge in [0.2, 0.25) is 0 Å². The average Bonchev–Trinajstić information content (AvgIpc) is 3.05. The van der Waals surface area contributed by atoms with Crippen molar-refractivity contribution in [1.29, 1.82) is 0 Å². The van der Waals surface area contributed by atoms with E-state index >= 15 is 0 Å². The summed E-state index contributed by atoms with van der Waals surface area (Å²) >= 11 is 0. The van der Waals surface area contributed by atoms with Crippen LogP contribution < -0.4 is 18.9 Å². The van der Waals surface area contributed by atoms with Crippen molar-refractivity contribution in [2.75, 3.05) is 40.6 Å². The Kier molecular flexibility index (Phi) is 9.92. The van der Waals surface area contributed by atoms with E-state index in [2.05, 4.69) is 10.3 Å². The van der Waals surface area contributed by atoms with Crippen molar-refractivity contribution >= 4 is 11.4 Å². The molecule has 0 radical (unpaired) electrons. The molecule has 0 aromatic heterocycles. The molecule has 1 aliphatic rings. The van der Waals surface area contributed by atoms with Gasteiger partial charge in [-0.25, -0.2) is 0 Å². The number of nitrogens with zero attached hydrogens (tertiary/aromatic N) is 2. The minimum atomic E-state index is 0.352. The molecule has 0 spiro atoms. The van der Waals surface area contributed by atoms with Crippen molar-refractivity contribution in [3.05, 3.63) is 119 Å². The Bertz CT molecular complexity index is 1390. The monoisotopic (exact) mass is 566 g/mol. The second-order valence-corrected chi connectivity index (χ2v) is 9.41. The molecule has 0 N–H and O–H groups in total. The Morgan fingerprint density at radius 3 is 1.36 bits per heavy atom.